The molecule has 1 saturated heterocycles. The summed E-state index contributed by atoms with van der Waals surface area (Å²) >= 11 is 0. The minimum absolute atomic E-state index is 0.0341. The van der Waals surface area contributed by atoms with E-state index < -0.39 is 69.8 Å². The van der Waals surface area contributed by atoms with Crippen LogP contribution < -0.4 is 14.9 Å². The Balaban J connectivity index is 1.74. The number of aliphatic hydroxyl groups excluding tert-OH is 2. The highest BCUT2D eigenvalue weighted by Crippen LogP contribution is 2.43. The van der Waals surface area contributed by atoms with Gasteiger partial charge in [-0.05, 0) is 17.7 Å². The number of hydrogen-bond donors (Lipinski definition) is 6. The van der Waals surface area contributed by atoms with Gasteiger partial charge in [-0.3, -0.25) is 9.35 Å². The van der Waals surface area contributed by atoms with Crippen molar-refractivity contribution in [3.63, 3.8) is 0 Å². The first kappa shape index (κ1) is 27.1. The summed E-state index contributed by atoms with van der Waals surface area (Å²) in [6, 6.07) is 6.65. The molecule has 0 amide bonds. The Hall–Kier alpha value is -3.93. The highest BCUT2D eigenvalue weighted by atomic mass is 32.3. The van der Waals surface area contributed by atoms with E-state index in [9.17, 15) is 43.5 Å². The van der Waals surface area contributed by atoms with Crippen LogP contribution in [-0.4, -0.2) is 82.3 Å². The Labute approximate surface area is 212 Å². The van der Waals surface area contributed by atoms with E-state index in [1.807, 2.05) is 0 Å². The van der Waals surface area contributed by atoms with Crippen molar-refractivity contribution >= 4 is 27.3 Å². The average molecular weight is 556 g/mol. The number of rotatable bonds is 7. The number of ether oxygens (including phenoxy) is 3. The number of methoxy groups -OCH3 is 1. The lowest BCUT2D eigenvalue weighted by atomic mass is 9.99. The topological polar surface area (TPSA) is 240 Å². The third-order valence-electron chi connectivity index (χ3n) is 5.61. The summed E-state index contributed by atoms with van der Waals surface area (Å²) < 4.78 is 56.3. The first-order chi connectivity index (χ1) is 17.8. The maximum absolute atomic E-state index is 13.1. The van der Waals surface area contributed by atoms with Crippen LogP contribution in [0.25, 0.3) is 22.1 Å². The van der Waals surface area contributed by atoms with Crippen LogP contribution in [0.15, 0.2) is 45.8 Å². The Kier molecular flexibility index (Phi) is 7.20. The number of carboxylic acid groups (broad SMARTS) is 1. The predicted molar refractivity (Wildman–Crippen MR) is 123 cm³/mol. The van der Waals surface area contributed by atoms with Crippen molar-refractivity contribution in [3.8, 4) is 34.1 Å². The van der Waals surface area contributed by atoms with Gasteiger partial charge in [-0.2, -0.15) is 8.42 Å². The molecule has 204 valence electrons. The molecule has 38 heavy (non-hydrogen) atoms. The molecule has 1 aromatic heterocycles. The Morgan fingerprint density at radius 3 is 2.32 bits per heavy atom. The van der Waals surface area contributed by atoms with Crippen LogP contribution >= 0.6 is 0 Å². The van der Waals surface area contributed by atoms with Crippen LogP contribution in [0.1, 0.15) is 0 Å². The molecule has 0 aliphatic carbocycles. The molecule has 5 atom stereocenters. The fourth-order valence-electron chi connectivity index (χ4n) is 3.86. The molecule has 0 unspecified atom stereocenters. The van der Waals surface area contributed by atoms with Crippen molar-refractivity contribution < 1.29 is 66.1 Å². The lowest BCUT2D eigenvalue weighted by Crippen LogP contribution is -2.62. The molecular formula is C22H20O15S. The van der Waals surface area contributed by atoms with Crippen LogP contribution in [0.4, 0.5) is 0 Å². The number of benzene rings is 2. The number of fused-ring (bicyclic) bond motifs is 1. The van der Waals surface area contributed by atoms with Crippen molar-refractivity contribution in [2.75, 3.05) is 7.11 Å². The van der Waals surface area contributed by atoms with Gasteiger partial charge < -0.3 is 44.2 Å². The van der Waals surface area contributed by atoms with E-state index in [4.69, 9.17) is 23.2 Å². The number of carbonyl (C=O) groups is 1. The largest absolute Gasteiger partial charge is 0.508 e. The second-order valence-corrected chi connectivity index (χ2v) is 9.05. The SMILES string of the molecule is COc1c(O[C@@H]2O[C@H](C(=O)O)[C@@H](OS(=O)(=O)O)[C@H](O)[C@H]2O)cc2occ(-c3ccc(O)cc3)c(=O)c2c1O. The average Bonchev–Trinajstić information content (AvgIpc) is 2.83. The minimum atomic E-state index is -5.26. The van der Waals surface area contributed by atoms with Gasteiger partial charge in [0.2, 0.25) is 17.5 Å². The Morgan fingerprint density at radius 2 is 1.74 bits per heavy atom. The summed E-state index contributed by atoms with van der Waals surface area (Å²) in [5, 5.41) is 50.0. The molecular weight excluding hydrogens is 536 g/mol. The van der Waals surface area contributed by atoms with Gasteiger partial charge >= 0.3 is 16.4 Å². The molecule has 1 fully saturated rings. The summed E-state index contributed by atoms with van der Waals surface area (Å²) in [7, 11) is -4.16. The summed E-state index contributed by atoms with van der Waals surface area (Å²) in [4.78, 5) is 24.7. The summed E-state index contributed by atoms with van der Waals surface area (Å²) in [5.41, 5.74) is -0.503. The maximum atomic E-state index is 13.1. The molecule has 1 aliphatic rings. The van der Waals surface area contributed by atoms with Crippen LogP contribution in [0.3, 0.4) is 0 Å². The number of phenols is 2. The first-order valence-corrected chi connectivity index (χ1v) is 11.9. The van der Waals surface area contributed by atoms with E-state index in [1.165, 1.54) is 24.3 Å². The van der Waals surface area contributed by atoms with Crippen molar-refractivity contribution in [3.05, 3.63) is 46.8 Å². The van der Waals surface area contributed by atoms with Crippen molar-refractivity contribution in [1.29, 1.82) is 0 Å². The molecule has 1 aliphatic heterocycles. The number of aromatic hydroxyl groups is 2. The Morgan fingerprint density at radius 1 is 1.08 bits per heavy atom. The van der Waals surface area contributed by atoms with Crippen LogP contribution in [0, 0.1) is 0 Å². The van der Waals surface area contributed by atoms with E-state index >= 15 is 0 Å². The summed E-state index contributed by atoms with van der Waals surface area (Å²) in [5.74, 6) is -3.50. The number of hydrogen-bond acceptors (Lipinski definition) is 13. The zero-order valence-electron chi connectivity index (χ0n) is 19.1. The van der Waals surface area contributed by atoms with Gasteiger partial charge in [-0.15, -0.1) is 0 Å². The fraction of sp³-hybridized carbons (Fsp3) is 0.273. The fourth-order valence-corrected chi connectivity index (χ4v) is 4.35. The molecule has 0 bridgehead atoms. The zero-order chi connectivity index (χ0) is 27.9. The summed E-state index contributed by atoms with van der Waals surface area (Å²) in [6.45, 7) is 0. The van der Waals surface area contributed by atoms with E-state index in [0.29, 0.717) is 5.56 Å². The second kappa shape index (κ2) is 10.1. The molecule has 2 heterocycles. The molecule has 15 nitrogen and oxygen atoms in total. The molecule has 4 rings (SSSR count). The maximum Gasteiger partial charge on any atom is 0.397 e. The van der Waals surface area contributed by atoms with E-state index in [0.717, 1.165) is 19.4 Å². The van der Waals surface area contributed by atoms with E-state index in [-0.39, 0.29) is 22.3 Å². The third kappa shape index (κ3) is 5.08. The number of aliphatic hydroxyl groups is 2. The normalized spacial score (nSPS) is 23.7. The standard InChI is InChI=1S/C22H20O15S/c1-33-18-12(35-22-17(27)16(26)19(37-38(30,31)32)20(36-22)21(28)29)6-11-13(15(18)25)14(24)10(7-34-11)8-2-4-9(23)5-3-8/h2-7,16-17,19-20,22-23,25-27H,1H3,(H,28,29)(H,30,31,32)/t16-,17-,19+,20+,22-/m1/s1. The predicted octanol–water partition coefficient (Wildman–Crippen LogP) is -0.0221. The quantitative estimate of drug-likeness (QED) is 0.210. The van der Waals surface area contributed by atoms with Gasteiger partial charge in [-0.1, -0.05) is 12.1 Å². The lowest BCUT2D eigenvalue weighted by Gasteiger charge is -2.39. The van der Waals surface area contributed by atoms with Gasteiger partial charge in [0.15, 0.2) is 17.6 Å². The molecule has 16 heteroatoms. The van der Waals surface area contributed by atoms with Gasteiger partial charge in [0, 0.05) is 6.07 Å². The molecule has 3 aromatic rings. The van der Waals surface area contributed by atoms with Crippen LogP contribution in [0.5, 0.6) is 23.0 Å². The highest BCUT2D eigenvalue weighted by Gasteiger charge is 2.51. The van der Waals surface area contributed by atoms with Gasteiger partial charge in [0.25, 0.3) is 0 Å². The minimum Gasteiger partial charge on any atom is -0.508 e. The second-order valence-electron chi connectivity index (χ2n) is 8.01. The van der Waals surface area contributed by atoms with Crippen molar-refractivity contribution in [2.24, 2.45) is 0 Å². The first-order valence-electron chi connectivity index (χ1n) is 10.5. The van der Waals surface area contributed by atoms with Crippen molar-refractivity contribution in [1.82, 2.24) is 0 Å². The van der Waals surface area contributed by atoms with Crippen LogP contribution in [0.2, 0.25) is 0 Å². The highest BCUT2D eigenvalue weighted by molar-refractivity contribution is 7.80. The molecule has 6 N–H and O–H groups in total. The smallest absolute Gasteiger partial charge is 0.397 e. The Bertz CT molecular complexity index is 1530. The van der Waals surface area contributed by atoms with Crippen LogP contribution in [-0.2, 0) is 24.1 Å². The molecule has 0 saturated carbocycles. The number of phenolic OH excluding ortho intramolecular Hbond substituents is 2. The number of carboxylic acids is 1. The monoisotopic (exact) mass is 556 g/mol. The van der Waals surface area contributed by atoms with Gasteiger partial charge in [-0.25, -0.2) is 8.98 Å². The van der Waals surface area contributed by atoms with E-state index in [1.54, 1.807) is 0 Å². The molecule has 2 aromatic carbocycles. The zero-order valence-corrected chi connectivity index (χ0v) is 19.9. The van der Waals surface area contributed by atoms with E-state index in [2.05, 4.69) is 4.18 Å². The lowest BCUT2D eigenvalue weighted by molar-refractivity contribution is -0.267. The van der Waals surface area contributed by atoms with Gasteiger partial charge in [0.05, 0.1) is 12.7 Å². The number of aliphatic carboxylic acids is 1. The molecule has 0 spiro atoms. The van der Waals surface area contributed by atoms with Crippen molar-refractivity contribution in [2.45, 2.75) is 30.7 Å². The summed E-state index contributed by atoms with van der Waals surface area (Å²) in [6.07, 6.45) is -9.79. The molecule has 0 radical (unpaired) electrons. The van der Waals surface area contributed by atoms with Gasteiger partial charge in [0.1, 0.15) is 41.3 Å². The third-order valence-corrected chi connectivity index (χ3v) is 6.07.